The summed E-state index contributed by atoms with van der Waals surface area (Å²) in [6.45, 7) is 5.30. The summed E-state index contributed by atoms with van der Waals surface area (Å²) in [5.74, 6) is 0.104. The van der Waals surface area contributed by atoms with E-state index in [0.29, 0.717) is 26.6 Å². The number of amides is 1. The second-order valence-electron chi connectivity index (χ2n) is 7.22. The van der Waals surface area contributed by atoms with Crippen LogP contribution in [0.1, 0.15) is 18.1 Å². The Morgan fingerprint density at radius 2 is 1.66 bits per heavy atom. The first-order valence-electron chi connectivity index (χ1n) is 9.68. The second-order valence-corrected chi connectivity index (χ2v) is 10.2. The first-order chi connectivity index (χ1) is 15.1. The maximum absolute atomic E-state index is 12.8. The van der Waals surface area contributed by atoms with Crippen molar-refractivity contribution in [2.75, 3.05) is 10.0 Å². The Balaban J connectivity index is 1.67. The lowest BCUT2D eigenvalue weighted by Gasteiger charge is -2.16. The number of hydrogen-bond donors (Lipinski definition) is 2. The van der Waals surface area contributed by atoms with Crippen LogP contribution in [0.25, 0.3) is 0 Å². The smallest absolute Gasteiger partial charge is 0.265 e. The van der Waals surface area contributed by atoms with Gasteiger partial charge in [0, 0.05) is 10.7 Å². The monoisotopic (exact) mass is 536 g/mol. The Kier molecular flexibility index (Phi) is 7.48. The van der Waals surface area contributed by atoms with Gasteiger partial charge in [0.1, 0.15) is 5.75 Å². The average molecular weight is 538 g/mol. The van der Waals surface area contributed by atoms with Gasteiger partial charge in [-0.05, 0) is 90.3 Å². The third-order valence-electron chi connectivity index (χ3n) is 4.72. The van der Waals surface area contributed by atoms with Gasteiger partial charge in [0.2, 0.25) is 0 Å². The van der Waals surface area contributed by atoms with Crippen molar-refractivity contribution in [3.8, 4) is 5.75 Å². The normalized spacial score (nSPS) is 12.2. The summed E-state index contributed by atoms with van der Waals surface area (Å²) in [7, 11) is -3.77. The number of halogens is 2. The first kappa shape index (κ1) is 24.1. The Bertz CT molecular complexity index is 1230. The molecule has 0 saturated carbocycles. The maximum Gasteiger partial charge on any atom is 0.265 e. The molecule has 3 rings (SSSR count). The number of anilines is 2. The van der Waals surface area contributed by atoms with E-state index >= 15 is 0 Å². The lowest BCUT2D eigenvalue weighted by atomic mass is 10.1. The topological polar surface area (TPSA) is 84.5 Å². The molecule has 0 fully saturated rings. The van der Waals surface area contributed by atoms with E-state index in [4.69, 9.17) is 16.3 Å². The third-order valence-corrected chi connectivity index (χ3v) is 6.94. The van der Waals surface area contributed by atoms with E-state index in [-0.39, 0.29) is 10.8 Å². The largest absolute Gasteiger partial charge is 0.480 e. The summed E-state index contributed by atoms with van der Waals surface area (Å²) in [5, 5.41) is 3.26. The van der Waals surface area contributed by atoms with Crippen LogP contribution in [0.4, 0.5) is 11.4 Å². The van der Waals surface area contributed by atoms with Crippen LogP contribution < -0.4 is 14.8 Å². The first-order valence-corrected chi connectivity index (χ1v) is 12.3. The number of carbonyl (C=O) groups excluding carboxylic acids is 1. The molecule has 1 amide bonds. The maximum atomic E-state index is 12.8. The second kappa shape index (κ2) is 9.94. The SMILES string of the molecule is Cc1cccc(C)c1NS(=O)(=O)c1ccc(NC(=O)C(C)Oc2ccc(Cl)cc2Br)cc1. The molecule has 0 bridgehead atoms. The molecule has 0 saturated heterocycles. The highest BCUT2D eigenvalue weighted by molar-refractivity contribution is 9.10. The van der Waals surface area contributed by atoms with E-state index in [1.54, 1.807) is 25.1 Å². The number of rotatable bonds is 7. The van der Waals surface area contributed by atoms with Crippen molar-refractivity contribution < 1.29 is 17.9 Å². The van der Waals surface area contributed by atoms with Gasteiger partial charge in [-0.1, -0.05) is 29.8 Å². The summed E-state index contributed by atoms with van der Waals surface area (Å²) < 4.78 is 34.5. The van der Waals surface area contributed by atoms with Crippen LogP contribution in [0.2, 0.25) is 5.02 Å². The molecule has 9 heteroatoms. The number of hydrogen-bond acceptors (Lipinski definition) is 4. The molecule has 0 aliphatic carbocycles. The van der Waals surface area contributed by atoms with Gasteiger partial charge in [0.25, 0.3) is 15.9 Å². The van der Waals surface area contributed by atoms with Crippen LogP contribution in [0, 0.1) is 13.8 Å². The Morgan fingerprint density at radius 1 is 1.03 bits per heavy atom. The molecule has 0 aliphatic heterocycles. The predicted molar refractivity (Wildman–Crippen MR) is 131 cm³/mol. The van der Waals surface area contributed by atoms with Crippen molar-refractivity contribution in [2.24, 2.45) is 0 Å². The van der Waals surface area contributed by atoms with Crippen LogP contribution in [-0.2, 0) is 14.8 Å². The van der Waals surface area contributed by atoms with E-state index in [2.05, 4.69) is 26.0 Å². The predicted octanol–water partition coefficient (Wildman–Crippen LogP) is 5.93. The highest BCUT2D eigenvalue weighted by Gasteiger charge is 2.19. The minimum absolute atomic E-state index is 0.0903. The summed E-state index contributed by atoms with van der Waals surface area (Å²) in [6.07, 6.45) is -0.790. The molecule has 6 nitrogen and oxygen atoms in total. The fraction of sp³-hybridized carbons (Fsp3) is 0.174. The minimum atomic E-state index is -3.77. The van der Waals surface area contributed by atoms with Gasteiger partial charge in [0.05, 0.1) is 15.1 Å². The number of para-hydroxylation sites is 1. The van der Waals surface area contributed by atoms with Crippen molar-refractivity contribution in [2.45, 2.75) is 31.8 Å². The van der Waals surface area contributed by atoms with Gasteiger partial charge < -0.3 is 10.1 Å². The summed E-state index contributed by atoms with van der Waals surface area (Å²) in [5.41, 5.74) is 2.67. The molecule has 0 heterocycles. The molecule has 0 spiro atoms. The van der Waals surface area contributed by atoms with Crippen LogP contribution in [-0.4, -0.2) is 20.4 Å². The third kappa shape index (κ3) is 5.82. The fourth-order valence-electron chi connectivity index (χ4n) is 2.94. The van der Waals surface area contributed by atoms with E-state index in [9.17, 15) is 13.2 Å². The molecule has 0 radical (unpaired) electrons. The van der Waals surface area contributed by atoms with Gasteiger partial charge >= 0.3 is 0 Å². The molecule has 1 unspecified atom stereocenters. The number of aryl methyl sites for hydroxylation is 2. The van der Waals surface area contributed by atoms with Crippen LogP contribution in [0.3, 0.4) is 0 Å². The number of nitrogens with one attached hydrogen (secondary N) is 2. The lowest BCUT2D eigenvalue weighted by Crippen LogP contribution is -2.30. The number of ether oxygens (including phenoxy) is 1. The Morgan fingerprint density at radius 3 is 2.25 bits per heavy atom. The molecule has 3 aromatic carbocycles. The number of carbonyl (C=O) groups is 1. The highest BCUT2D eigenvalue weighted by atomic mass is 79.9. The van der Waals surface area contributed by atoms with Crippen LogP contribution in [0.5, 0.6) is 5.75 Å². The molecule has 3 aromatic rings. The molecule has 2 N–H and O–H groups in total. The molecular formula is C23H22BrClN2O4S. The van der Waals surface area contributed by atoms with E-state index < -0.39 is 16.1 Å². The number of sulfonamides is 1. The molecule has 168 valence electrons. The van der Waals surface area contributed by atoms with Crippen LogP contribution in [0.15, 0.2) is 70.0 Å². The average Bonchev–Trinajstić information content (AvgIpc) is 2.73. The zero-order valence-corrected chi connectivity index (χ0v) is 20.8. The highest BCUT2D eigenvalue weighted by Crippen LogP contribution is 2.29. The Hall–Kier alpha value is -2.55. The fourth-order valence-corrected chi connectivity index (χ4v) is 4.92. The van der Waals surface area contributed by atoms with Gasteiger partial charge in [-0.3, -0.25) is 9.52 Å². The van der Waals surface area contributed by atoms with Crippen molar-refractivity contribution in [1.82, 2.24) is 0 Å². The van der Waals surface area contributed by atoms with Crippen molar-refractivity contribution >= 4 is 54.8 Å². The van der Waals surface area contributed by atoms with Gasteiger partial charge in [-0.2, -0.15) is 0 Å². The van der Waals surface area contributed by atoms with Gasteiger partial charge in [-0.15, -0.1) is 0 Å². The van der Waals surface area contributed by atoms with E-state index in [1.807, 2.05) is 32.0 Å². The van der Waals surface area contributed by atoms with Crippen molar-refractivity contribution in [1.29, 1.82) is 0 Å². The lowest BCUT2D eigenvalue weighted by molar-refractivity contribution is -0.122. The summed E-state index contributed by atoms with van der Waals surface area (Å²) in [6, 6.07) is 16.5. The van der Waals surface area contributed by atoms with E-state index in [0.717, 1.165) is 11.1 Å². The van der Waals surface area contributed by atoms with Crippen LogP contribution >= 0.6 is 27.5 Å². The van der Waals surface area contributed by atoms with Crippen molar-refractivity contribution in [3.05, 3.63) is 81.3 Å². The molecular weight excluding hydrogens is 516 g/mol. The number of benzene rings is 3. The zero-order valence-electron chi connectivity index (χ0n) is 17.6. The minimum Gasteiger partial charge on any atom is -0.480 e. The van der Waals surface area contributed by atoms with Gasteiger partial charge in [0.15, 0.2) is 6.10 Å². The molecule has 0 aliphatic rings. The summed E-state index contributed by atoms with van der Waals surface area (Å²) in [4.78, 5) is 12.6. The Labute approximate surface area is 201 Å². The van der Waals surface area contributed by atoms with E-state index in [1.165, 1.54) is 24.3 Å². The molecule has 0 aromatic heterocycles. The molecule has 1 atom stereocenters. The molecule has 32 heavy (non-hydrogen) atoms. The van der Waals surface area contributed by atoms with Crippen molar-refractivity contribution in [3.63, 3.8) is 0 Å². The quantitative estimate of drug-likeness (QED) is 0.391. The zero-order chi connectivity index (χ0) is 23.5. The standard InChI is InChI=1S/C23H22BrClN2O4S/c1-14-5-4-6-15(2)22(14)27-32(29,30)19-10-8-18(9-11-19)26-23(28)16(3)31-21-12-7-17(25)13-20(21)24/h4-13,16,27H,1-3H3,(H,26,28). The summed E-state index contributed by atoms with van der Waals surface area (Å²) >= 11 is 9.26. The van der Waals surface area contributed by atoms with Gasteiger partial charge in [-0.25, -0.2) is 8.42 Å².